The first kappa shape index (κ1) is 12.1. The summed E-state index contributed by atoms with van der Waals surface area (Å²) in [5.74, 6) is -1.97. The monoisotopic (exact) mass is 295 g/mol. The van der Waals surface area contributed by atoms with Crippen molar-refractivity contribution < 1.29 is 14.1 Å². The molecule has 0 unspecified atom stereocenters. The number of carbonyl (C=O) groups is 1. The van der Waals surface area contributed by atoms with Crippen molar-refractivity contribution in [3.8, 4) is 0 Å². The molecule has 0 N–H and O–H groups in total. The van der Waals surface area contributed by atoms with Crippen molar-refractivity contribution in [1.29, 1.82) is 0 Å². The van der Waals surface area contributed by atoms with E-state index in [1.54, 1.807) is 0 Å². The van der Waals surface area contributed by atoms with Gasteiger partial charge in [-0.3, -0.25) is 14.9 Å². The standard InChI is InChI=1S/C8H4BrClFNO3/c9-8-5(12(14)15)2-1-4(11)7(8)6(13)3-10/h1-2H,3H2. The van der Waals surface area contributed by atoms with Crippen molar-refractivity contribution >= 4 is 39.0 Å². The fraction of sp³-hybridized carbons (Fsp3) is 0.125. The smallest absolute Gasteiger partial charge is 0.284 e. The van der Waals surface area contributed by atoms with Crippen LogP contribution in [0.15, 0.2) is 16.6 Å². The molecule has 1 aromatic carbocycles. The maximum atomic E-state index is 13.2. The van der Waals surface area contributed by atoms with Crippen molar-refractivity contribution in [3.63, 3.8) is 0 Å². The summed E-state index contributed by atoms with van der Waals surface area (Å²) in [5, 5.41) is 10.5. The van der Waals surface area contributed by atoms with E-state index in [4.69, 9.17) is 11.6 Å². The van der Waals surface area contributed by atoms with Crippen LogP contribution < -0.4 is 0 Å². The number of nitrogens with zero attached hydrogens (tertiary/aromatic N) is 1. The molecule has 0 saturated heterocycles. The molecule has 0 aromatic heterocycles. The van der Waals surface area contributed by atoms with Crippen molar-refractivity contribution in [1.82, 2.24) is 0 Å². The van der Waals surface area contributed by atoms with E-state index in [1.807, 2.05) is 0 Å². The van der Waals surface area contributed by atoms with Crippen LogP contribution in [0.25, 0.3) is 0 Å². The average Bonchev–Trinajstić information content (AvgIpc) is 2.16. The summed E-state index contributed by atoms with van der Waals surface area (Å²) in [6, 6.07) is 1.84. The molecular weight excluding hydrogens is 292 g/mol. The van der Waals surface area contributed by atoms with Crippen LogP contribution in [-0.4, -0.2) is 16.6 Å². The number of hydrogen-bond acceptors (Lipinski definition) is 3. The zero-order valence-corrected chi connectivity index (χ0v) is 9.51. The summed E-state index contributed by atoms with van der Waals surface area (Å²) in [5.41, 5.74) is -0.760. The number of alkyl halides is 1. The second-order valence-corrected chi connectivity index (χ2v) is 3.63. The molecule has 4 nitrogen and oxygen atoms in total. The molecule has 0 radical (unpaired) electrons. The number of hydrogen-bond donors (Lipinski definition) is 0. The molecule has 0 saturated carbocycles. The van der Waals surface area contributed by atoms with Gasteiger partial charge < -0.3 is 0 Å². The van der Waals surface area contributed by atoms with Gasteiger partial charge in [0.25, 0.3) is 5.69 Å². The topological polar surface area (TPSA) is 60.2 Å². The Labute approximate surface area is 97.3 Å². The Bertz CT molecular complexity index is 438. The first-order valence-electron chi connectivity index (χ1n) is 3.70. The summed E-state index contributed by atoms with van der Waals surface area (Å²) in [6.45, 7) is 0. The van der Waals surface area contributed by atoms with Gasteiger partial charge in [-0.15, -0.1) is 11.6 Å². The fourth-order valence-electron chi connectivity index (χ4n) is 1.00. The number of nitro groups is 1. The molecule has 0 heterocycles. The fourth-order valence-corrected chi connectivity index (χ4v) is 1.83. The van der Waals surface area contributed by atoms with Crippen molar-refractivity contribution in [2.45, 2.75) is 0 Å². The third-order valence-corrected chi connectivity index (χ3v) is 2.71. The molecule has 0 spiro atoms. The number of carbonyl (C=O) groups excluding carboxylic acids is 1. The lowest BCUT2D eigenvalue weighted by atomic mass is 10.1. The van der Waals surface area contributed by atoms with Gasteiger partial charge in [0.1, 0.15) is 10.3 Å². The summed E-state index contributed by atoms with van der Waals surface area (Å²) >= 11 is 8.07. The Balaban J connectivity index is 3.43. The first-order chi connectivity index (χ1) is 6.99. The van der Waals surface area contributed by atoms with Gasteiger partial charge in [0.2, 0.25) is 0 Å². The Hall–Kier alpha value is -1.01. The number of ketones is 1. The van der Waals surface area contributed by atoms with E-state index in [1.165, 1.54) is 0 Å². The largest absolute Gasteiger partial charge is 0.293 e. The van der Waals surface area contributed by atoms with Crippen LogP contribution in [0.3, 0.4) is 0 Å². The summed E-state index contributed by atoms with van der Waals surface area (Å²) in [4.78, 5) is 21.0. The molecule has 15 heavy (non-hydrogen) atoms. The highest BCUT2D eigenvalue weighted by atomic mass is 79.9. The SMILES string of the molecule is O=C(CCl)c1c(F)ccc([N+](=O)[O-])c1Br. The van der Waals surface area contributed by atoms with Crippen LogP contribution in [0.5, 0.6) is 0 Å². The van der Waals surface area contributed by atoms with Gasteiger partial charge in [-0.05, 0) is 22.0 Å². The summed E-state index contributed by atoms with van der Waals surface area (Å²) < 4.78 is 13.0. The molecular formula is C8H4BrClFNO3. The van der Waals surface area contributed by atoms with Crippen molar-refractivity contribution in [3.05, 3.63) is 38.1 Å². The quantitative estimate of drug-likeness (QED) is 0.373. The second-order valence-electron chi connectivity index (χ2n) is 2.57. The molecule has 0 aliphatic rings. The molecule has 0 fully saturated rings. The maximum absolute atomic E-state index is 13.2. The summed E-state index contributed by atoms with van der Waals surface area (Å²) in [7, 11) is 0. The molecule has 0 aliphatic heterocycles. The number of Topliss-reactive ketones (excluding diaryl/α,β-unsaturated/α-hetero) is 1. The molecule has 0 atom stereocenters. The van der Waals surface area contributed by atoms with E-state index in [9.17, 15) is 19.3 Å². The van der Waals surface area contributed by atoms with Crippen LogP contribution in [0, 0.1) is 15.9 Å². The van der Waals surface area contributed by atoms with Gasteiger partial charge in [-0.25, -0.2) is 4.39 Å². The summed E-state index contributed by atoms with van der Waals surface area (Å²) in [6.07, 6.45) is 0. The predicted octanol–water partition coefficient (Wildman–Crippen LogP) is 2.92. The first-order valence-corrected chi connectivity index (χ1v) is 5.03. The van der Waals surface area contributed by atoms with Gasteiger partial charge in [0.15, 0.2) is 5.78 Å². The van der Waals surface area contributed by atoms with Gasteiger partial charge >= 0.3 is 0 Å². The van der Waals surface area contributed by atoms with E-state index >= 15 is 0 Å². The molecule has 7 heteroatoms. The normalized spacial score (nSPS) is 10.1. The highest BCUT2D eigenvalue weighted by Crippen LogP contribution is 2.30. The van der Waals surface area contributed by atoms with E-state index in [2.05, 4.69) is 15.9 Å². The second kappa shape index (κ2) is 4.67. The Kier molecular flexibility index (Phi) is 3.76. The average molecular weight is 296 g/mol. The zero-order valence-electron chi connectivity index (χ0n) is 7.17. The van der Waals surface area contributed by atoms with Gasteiger partial charge in [-0.1, -0.05) is 0 Å². The van der Waals surface area contributed by atoms with Crippen molar-refractivity contribution in [2.75, 3.05) is 5.88 Å². The lowest BCUT2D eigenvalue weighted by Gasteiger charge is -2.03. The third kappa shape index (κ3) is 2.32. The number of nitro benzene ring substituents is 1. The lowest BCUT2D eigenvalue weighted by molar-refractivity contribution is -0.385. The van der Waals surface area contributed by atoms with Gasteiger partial charge in [0.05, 0.1) is 16.4 Å². The highest BCUT2D eigenvalue weighted by molar-refractivity contribution is 9.10. The lowest BCUT2D eigenvalue weighted by Crippen LogP contribution is -2.06. The molecule has 80 valence electrons. The van der Waals surface area contributed by atoms with Crippen LogP contribution in [0.1, 0.15) is 10.4 Å². The van der Waals surface area contributed by atoms with Gasteiger partial charge in [0, 0.05) is 6.07 Å². The van der Waals surface area contributed by atoms with Crippen LogP contribution >= 0.6 is 27.5 Å². The minimum atomic E-state index is -0.835. The Morgan fingerprint density at radius 2 is 2.20 bits per heavy atom. The van der Waals surface area contributed by atoms with E-state index in [0.29, 0.717) is 0 Å². The minimum absolute atomic E-state index is 0.182. The van der Waals surface area contributed by atoms with Crippen molar-refractivity contribution in [2.24, 2.45) is 0 Å². The third-order valence-electron chi connectivity index (χ3n) is 1.67. The highest BCUT2D eigenvalue weighted by Gasteiger charge is 2.23. The number of rotatable bonds is 3. The molecule has 0 bridgehead atoms. The molecule has 1 aromatic rings. The zero-order chi connectivity index (χ0) is 11.6. The number of benzene rings is 1. The van der Waals surface area contributed by atoms with Crippen LogP contribution in [-0.2, 0) is 0 Å². The predicted molar refractivity (Wildman–Crippen MR) is 55.8 cm³/mol. The molecule has 0 amide bonds. The minimum Gasteiger partial charge on any atom is -0.293 e. The van der Waals surface area contributed by atoms with Crippen LogP contribution in [0.2, 0.25) is 0 Å². The van der Waals surface area contributed by atoms with E-state index in [0.717, 1.165) is 12.1 Å². The molecule has 1 rings (SSSR count). The Morgan fingerprint density at radius 1 is 1.60 bits per heavy atom. The van der Waals surface area contributed by atoms with E-state index in [-0.39, 0.29) is 15.7 Å². The van der Waals surface area contributed by atoms with E-state index < -0.39 is 22.4 Å². The van der Waals surface area contributed by atoms with Gasteiger partial charge in [-0.2, -0.15) is 0 Å². The Morgan fingerprint density at radius 3 is 2.67 bits per heavy atom. The number of halogens is 3. The van der Waals surface area contributed by atoms with Crippen LogP contribution in [0.4, 0.5) is 10.1 Å². The molecule has 0 aliphatic carbocycles. The maximum Gasteiger partial charge on any atom is 0.284 e.